The van der Waals surface area contributed by atoms with E-state index in [4.69, 9.17) is 0 Å². The molecule has 0 aliphatic carbocycles. The van der Waals surface area contributed by atoms with Crippen LogP contribution in [-0.4, -0.2) is 10.9 Å². The fourth-order valence-electron chi connectivity index (χ4n) is 1.32. The molecule has 0 fully saturated rings. The third-order valence-electron chi connectivity index (χ3n) is 2.22. The molecule has 1 amide bonds. The van der Waals surface area contributed by atoms with Gasteiger partial charge in [-0.05, 0) is 47.0 Å². The van der Waals surface area contributed by atoms with Gasteiger partial charge in [-0.1, -0.05) is 6.07 Å². The van der Waals surface area contributed by atoms with Gasteiger partial charge < -0.3 is 5.32 Å². The Morgan fingerprint density at radius 3 is 3.06 bits per heavy atom. The molecular weight excluding hydrogens is 232 g/mol. The van der Waals surface area contributed by atoms with Crippen molar-refractivity contribution in [2.24, 2.45) is 0 Å². The zero-order chi connectivity index (χ0) is 12.1. The molecule has 0 aliphatic rings. The molecule has 1 N–H and O–H groups in total. The smallest absolute Gasteiger partial charge is 0.249 e. The third kappa shape index (κ3) is 3.26. The highest BCUT2D eigenvalue weighted by molar-refractivity contribution is 7.08. The number of hydrogen-bond acceptors (Lipinski definition) is 3. The Bertz CT molecular complexity index is 532. The molecule has 86 valence electrons. The summed E-state index contributed by atoms with van der Waals surface area (Å²) in [6, 6.07) is 5.71. The lowest BCUT2D eigenvalue weighted by Crippen LogP contribution is -2.10. The van der Waals surface area contributed by atoms with Crippen LogP contribution < -0.4 is 5.32 Å². The largest absolute Gasteiger partial charge is 0.307 e. The zero-order valence-electron chi connectivity index (χ0n) is 9.38. The van der Waals surface area contributed by atoms with E-state index in [-0.39, 0.29) is 5.91 Å². The number of nitrogens with zero attached hydrogens (tertiary/aromatic N) is 1. The van der Waals surface area contributed by atoms with Crippen molar-refractivity contribution < 1.29 is 4.79 Å². The number of carbonyl (C=O) groups is 1. The molecule has 0 aromatic carbocycles. The molecule has 4 heteroatoms. The van der Waals surface area contributed by atoms with Gasteiger partial charge in [0.1, 0.15) is 5.82 Å². The second kappa shape index (κ2) is 5.41. The minimum absolute atomic E-state index is 0.169. The molecule has 17 heavy (non-hydrogen) atoms. The Hall–Kier alpha value is -1.94. The Kier molecular flexibility index (Phi) is 3.67. The lowest BCUT2D eigenvalue weighted by atomic mass is 10.3. The van der Waals surface area contributed by atoms with Crippen LogP contribution in [0.2, 0.25) is 0 Å². The SMILES string of the molecule is Cc1cccnc1NC(=O)/C=C/c1ccsc1. The van der Waals surface area contributed by atoms with Crippen LogP contribution in [0.5, 0.6) is 0 Å². The van der Waals surface area contributed by atoms with E-state index in [1.807, 2.05) is 35.9 Å². The first-order valence-corrected chi connectivity index (χ1v) is 6.13. The molecule has 3 nitrogen and oxygen atoms in total. The summed E-state index contributed by atoms with van der Waals surface area (Å²) in [5.41, 5.74) is 1.98. The second-order valence-corrected chi connectivity index (χ2v) is 4.33. The maximum Gasteiger partial charge on any atom is 0.249 e. The summed E-state index contributed by atoms with van der Waals surface area (Å²) in [6.07, 6.45) is 4.95. The molecule has 0 radical (unpaired) electrons. The highest BCUT2D eigenvalue weighted by Crippen LogP contribution is 2.10. The van der Waals surface area contributed by atoms with Gasteiger partial charge in [0.15, 0.2) is 0 Å². The number of anilines is 1. The number of aryl methyl sites for hydroxylation is 1. The first-order chi connectivity index (χ1) is 8.25. The summed E-state index contributed by atoms with van der Waals surface area (Å²) in [5.74, 6) is 0.436. The number of rotatable bonds is 3. The molecule has 2 aromatic rings. The van der Waals surface area contributed by atoms with Crippen LogP contribution in [0.4, 0.5) is 5.82 Å². The Morgan fingerprint density at radius 2 is 2.35 bits per heavy atom. The monoisotopic (exact) mass is 244 g/mol. The highest BCUT2D eigenvalue weighted by atomic mass is 32.1. The molecule has 2 rings (SSSR count). The molecule has 0 saturated carbocycles. The van der Waals surface area contributed by atoms with E-state index < -0.39 is 0 Å². The van der Waals surface area contributed by atoms with E-state index in [0.717, 1.165) is 11.1 Å². The zero-order valence-corrected chi connectivity index (χ0v) is 10.2. The molecule has 2 heterocycles. The van der Waals surface area contributed by atoms with E-state index in [2.05, 4.69) is 10.3 Å². The summed E-state index contributed by atoms with van der Waals surface area (Å²) in [5, 5.41) is 6.69. The summed E-state index contributed by atoms with van der Waals surface area (Å²) in [4.78, 5) is 15.7. The van der Waals surface area contributed by atoms with Crippen LogP contribution in [0.15, 0.2) is 41.2 Å². The van der Waals surface area contributed by atoms with Crippen LogP contribution in [0.3, 0.4) is 0 Å². The molecule has 0 unspecified atom stereocenters. The van der Waals surface area contributed by atoms with Crippen molar-refractivity contribution in [3.8, 4) is 0 Å². The van der Waals surface area contributed by atoms with Crippen molar-refractivity contribution in [1.29, 1.82) is 0 Å². The normalized spacial score (nSPS) is 10.6. The van der Waals surface area contributed by atoms with E-state index >= 15 is 0 Å². The van der Waals surface area contributed by atoms with Crippen LogP contribution in [0, 0.1) is 6.92 Å². The number of aromatic nitrogens is 1. The van der Waals surface area contributed by atoms with Gasteiger partial charge in [0.25, 0.3) is 0 Å². The molecule has 0 atom stereocenters. The minimum Gasteiger partial charge on any atom is -0.307 e. The van der Waals surface area contributed by atoms with E-state index in [1.54, 1.807) is 23.6 Å². The molecule has 0 aliphatic heterocycles. The summed E-state index contributed by atoms with van der Waals surface area (Å²) in [6.45, 7) is 1.91. The van der Waals surface area contributed by atoms with Crippen LogP contribution in [-0.2, 0) is 4.79 Å². The van der Waals surface area contributed by atoms with Crippen molar-refractivity contribution in [1.82, 2.24) is 4.98 Å². The number of amides is 1. The maximum absolute atomic E-state index is 11.6. The first-order valence-electron chi connectivity index (χ1n) is 5.18. The lowest BCUT2D eigenvalue weighted by Gasteiger charge is -2.03. The van der Waals surface area contributed by atoms with E-state index in [0.29, 0.717) is 5.82 Å². The van der Waals surface area contributed by atoms with Crippen LogP contribution in [0.25, 0.3) is 6.08 Å². The summed E-state index contributed by atoms with van der Waals surface area (Å²) >= 11 is 1.60. The molecule has 0 saturated heterocycles. The maximum atomic E-state index is 11.6. The van der Waals surface area contributed by atoms with Gasteiger partial charge in [-0.25, -0.2) is 4.98 Å². The van der Waals surface area contributed by atoms with Gasteiger partial charge in [0.2, 0.25) is 5.91 Å². The molecule has 2 aromatic heterocycles. The predicted octanol–water partition coefficient (Wildman–Crippen LogP) is 3.10. The van der Waals surface area contributed by atoms with Crippen molar-refractivity contribution >= 4 is 29.1 Å². The first kappa shape index (κ1) is 11.5. The van der Waals surface area contributed by atoms with Gasteiger partial charge in [-0.3, -0.25) is 4.79 Å². The molecule has 0 spiro atoms. The topological polar surface area (TPSA) is 42.0 Å². The number of hydrogen-bond donors (Lipinski definition) is 1. The number of pyridine rings is 1. The summed E-state index contributed by atoms with van der Waals surface area (Å²) in [7, 11) is 0. The Balaban J connectivity index is 2.01. The average molecular weight is 244 g/mol. The van der Waals surface area contributed by atoms with Crippen molar-refractivity contribution in [2.45, 2.75) is 6.92 Å². The highest BCUT2D eigenvalue weighted by Gasteiger charge is 2.01. The van der Waals surface area contributed by atoms with E-state index in [9.17, 15) is 4.79 Å². The van der Waals surface area contributed by atoms with Crippen LogP contribution >= 0.6 is 11.3 Å². The van der Waals surface area contributed by atoms with Crippen molar-refractivity contribution in [3.63, 3.8) is 0 Å². The van der Waals surface area contributed by atoms with E-state index in [1.165, 1.54) is 6.08 Å². The predicted molar refractivity (Wildman–Crippen MR) is 71.0 cm³/mol. The fraction of sp³-hybridized carbons (Fsp3) is 0.0769. The minimum atomic E-state index is -0.169. The lowest BCUT2D eigenvalue weighted by molar-refractivity contribution is -0.111. The molecular formula is C13H12N2OS. The Labute approximate surface area is 104 Å². The average Bonchev–Trinajstić information content (AvgIpc) is 2.82. The quantitative estimate of drug-likeness (QED) is 0.843. The van der Waals surface area contributed by atoms with Gasteiger partial charge in [0.05, 0.1) is 0 Å². The number of thiophene rings is 1. The van der Waals surface area contributed by atoms with Gasteiger partial charge >= 0.3 is 0 Å². The number of nitrogens with one attached hydrogen (secondary N) is 1. The van der Waals surface area contributed by atoms with Crippen molar-refractivity contribution in [2.75, 3.05) is 5.32 Å². The van der Waals surface area contributed by atoms with Gasteiger partial charge in [0, 0.05) is 12.3 Å². The fourth-order valence-corrected chi connectivity index (χ4v) is 1.95. The number of carbonyl (C=O) groups excluding carboxylic acids is 1. The second-order valence-electron chi connectivity index (χ2n) is 3.55. The van der Waals surface area contributed by atoms with Gasteiger partial charge in [-0.2, -0.15) is 11.3 Å². The third-order valence-corrected chi connectivity index (χ3v) is 2.92. The summed E-state index contributed by atoms with van der Waals surface area (Å²) < 4.78 is 0. The van der Waals surface area contributed by atoms with Gasteiger partial charge in [-0.15, -0.1) is 0 Å². The molecule has 0 bridgehead atoms. The Morgan fingerprint density at radius 1 is 1.47 bits per heavy atom. The standard InChI is InChI=1S/C13H12N2OS/c1-10-3-2-7-14-13(10)15-12(16)5-4-11-6-8-17-9-11/h2-9H,1H3,(H,14,15,16)/b5-4+. The van der Waals surface area contributed by atoms with Crippen molar-refractivity contribution in [3.05, 3.63) is 52.4 Å². The van der Waals surface area contributed by atoms with Crippen LogP contribution in [0.1, 0.15) is 11.1 Å².